The highest BCUT2D eigenvalue weighted by Gasteiger charge is 2.39. The lowest BCUT2D eigenvalue weighted by Gasteiger charge is -2.29. The third-order valence-corrected chi connectivity index (χ3v) is 3.81. The highest BCUT2D eigenvalue weighted by Crippen LogP contribution is 2.29. The Morgan fingerprint density at radius 3 is 2.86 bits per heavy atom. The van der Waals surface area contributed by atoms with Crippen LogP contribution in [0, 0.1) is 0 Å². The molecule has 0 aliphatic carbocycles. The van der Waals surface area contributed by atoms with Crippen LogP contribution < -0.4 is 10.1 Å². The molecule has 1 fully saturated rings. The predicted octanol–water partition coefficient (Wildman–Crippen LogP) is 0.0253. The summed E-state index contributed by atoms with van der Waals surface area (Å²) >= 11 is 0. The van der Waals surface area contributed by atoms with Crippen LogP contribution in [0.25, 0.3) is 0 Å². The lowest BCUT2D eigenvalue weighted by Crippen LogP contribution is -2.52. The van der Waals surface area contributed by atoms with E-state index in [0.717, 1.165) is 5.56 Å². The molecule has 3 amide bonds. The fourth-order valence-corrected chi connectivity index (χ4v) is 2.77. The van der Waals surface area contributed by atoms with E-state index >= 15 is 0 Å². The molecule has 7 nitrogen and oxygen atoms in total. The van der Waals surface area contributed by atoms with Crippen LogP contribution in [0.3, 0.4) is 0 Å². The summed E-state index contributed by atoms with van der Waals surface area (Å²) in [7, 11) is 0. The van der Waals surface area contributed by atoms with Gasteiger partial charge in [-0.15, -0.1) is 0 Å². The highest BCUT2D eigenvalue weighted by molar-refractivity contribution is 6.05. The maximum absolute atomic E-state index is 12.4. The third kappa shape index (κ3) is 2.45. The summed E-state index contributed by atoms with van der Waals surface area (Å²) in [5.74, 6) is -0.472. The molecule has 1 saturated heterocycles. The maximum Gasteiger partial charge on any atom is 0.255 e. The molecule has 1 N–H and O–H groups in total. The summed E-state index contributed by atoms with van der Waals surface area (Å²) < 4.78 is 5.21. The number of hydrogen-bond donors (Lipinski definition) is 1. The summed E-state index contributed by atoms with van der Waals surface area (Å²) in [5, 5.41) is 2.26. The first-order valence-corrected chi connectivity index (χ1v) is 6.94. The van der Waals surface area contributed by atoms with Crippen molar-refractivity contribution < 1.29 is 23.9 Å². The summed E-state index contributed by atoms with van der Waals surface area (Å²) in [4.78, 5) is 47.3. The average molecular weight is 302 g/mol. The van der Waals surface area contributed by atoms with Gasteiger partial charge >= 0.3 is 0 Å². The zero-order chi connectivity index (χ0) is 15.7. The van der Waals surface area contributed by atoms with Crippen LogP contribution in [-0.2, 0) is 20.9 Å². The first-order chi connectivity index (χ1) is 10.6. The van der Waals surface area contributed by atoms with E-state index in [4.69, 9.17) is 4.74 Å². The van der Waals surface area contributed by atoms with Gasteiger partial charge in [0.25, 0.3) is 5.91 Å². The summed E-state index contributed by atoms with van der Waals surface area (Å²) in [6, 6.07) is 4.32. The minimum atomic E-state index is -0.628. The average Bonchev–Trinajstić information content (AvgIpc) is 2.82. The van der Waals surface area contributed by atoms with Crippen LogP contribution in [0.1, 0.15) is 28.8 Å². The Morgan fingerprint density at radius 1 is 1.32 bits per heavy atom. The smallest absolute Gasteiger partial charge is 0.255 e. The fraction of sp³-hybridized carbons (Fsp3) is 0.333. The molecule has 2 heterocycles. The van der Waals surface area contributed by atoms with Gasteiger partial charge in [-0.1, -0.05) is 0 Å². The number of imide groups is 1. The molecular formula is C15H14N2O5. The molecule has 0 spiro atoms. The predicted molar refractivity (Wildman–Crippen MR) is 74.0 cm³/mol. The Balaban J connectivity index is 1.80. The van der Waals surface area contributed by atoms with E-state index in [1.54, 1.807) is 18.2 Å². The van der Waals surface area contributed by atoms with Crippen molar-refractivity contribution in [2.45, 2.75) is 25.4 Å². The van der Waals surface area contributed by atoms with E-state index < -0.39 is 11.9 Å². The van der Waals surface area contributed by atoms with Gasteiger partial charge in [-0.25, -0.2) is 0 Å². The molecule has 1 aromatic carbocycles. The third-order valence-electron chi connectivity index (χ3n) is 3.81. The zero-order valence-electron chi connectivity index (χ0n) is 11.7. The number of amides is 3. The molecule has 1 atom stereocenters. The minimum Gasteiger partial charge on any atom is -0.486 e. The molecule has 1 unspecified atom stereocenters. The summed E-state index contributed by atoms with van der Waals surface area (Å²) in [5.41, 5.74) is 1.27. The van der Waals surface area contributed by atoms with Crippen molar-refractivity contribution in [3.63, 3.8) is 0 Å². The number of fused-ring (bicyclic) bond motifs is 1. The Morgan fingerprint density at radius 2 is 2.14 bits per heavy atom. The van der Waals surface area contributed by atoms with Crippen LogP contribution in [-0.4, -0.2) is 41.6 Å². The van der Waals surface area contributed by atoms with Gasteiger partial charge in [0.1, 0.15) is 18.4 Å². The Kier molecular flexibility index (Phi) is 3.62. The van der Waals surface area contributed by atoms with Crippen LogP contribution in [0.5, 0.6) is 5.75 Å². The van der Waals surface area contributed by atoms with Crippen LogP contribution in [0.15, 0.2) is 18.2 Å². The van der Waals surface area contributed by atoms with Gasteiger partial charge in [-0.05, 0) is 30.2 Å². The van der Waals surface area contributed by atoms with Gasteiger partial charge in [0.15, 0.2) is 6.29 Å². The lowest BCUT2D eigenvalue weighted by atomic mass is 10.0. The first kappa shape index (κ1) is 14.2. The van der Waals surface area contributed by atoms with Crippen molar-refractivity contribution in [2.75, 3.05) is 6.61 Å². The van der Waals surface area contributed by atoms with E-state index in [-0.39, 0.29) is 24.8 Å². The molecule has 1 aromatic rings. The number of carbonyl (C=O) groups is 4. The second-order valence-electron chi connectivity index (χ2n) is 5.20. The monoisotopic (exact) mass is 302 g/mol. The molecule has 2 aliphatic heterocycles. The lowest BCUT2D eigenvalue weighted by molar-refractivity contribution is -0.136. The van der Waals surface area contributed by atoms with E-state index in [1.807, 2.05) is 0 Å². The second kappa shape index (κ2) is 5.59. The van der Waals surface area contributed by atoms with Crippen molar-refractivity contribution in [3.8, 4) is 5.75 Å². The fourth-order valence-electron chi connectivity index (χ4n) is 2.77. The molecule has 114 valence electrons. The molecule has 7 heteroatoms. The first-order valence-electron chi connectivity index (χ1n) is 6.94. The van der Waals surface area contributed by atoms with Crippen LogP contribution in [0.2, 0.25) is 0 Å². The van der Waals surface area contributed by atoms with E-state index in [1.165, 1.54) is 4.90 Å². The molecule has 0 radical (unpaired) electrons. The second-order valence-corrected chi connectivity index (χ2v) is 5.20. The van der Waals surface area contributed by atoms with E-state index in [9.17, 15) is 19.2 Å². The van der Waals surface area contributed by atoms with Crippen molar-refractivity contribution in [1.82, 2.24) is 10.2 Å². The summed E-state index contributed by atoms with van der Waals surface area (Å²) in [6.45, 7) is 0.238. The number of ether oxygens (including phenoxy) is 1. The quantitative estimate of drug-likeness (QED) is 0.625. The van der Waals surface area contributed by atoms with Crippen molar-refractivity contribution in [2.24, 2.45) is 0 Å². The molecule has 0 saturated carbocycles. The van der Waals surface area contributed by atoms with E-state index in [2.05, 4.69) is 5.32 Å². The molecule has 3 rings (SSSR count). The molecule has 2 aliphatic rings. The van der Waals surface area contributed by atoms with E-state index in [0.29, 0.717) is 30.6 Å². The van der Waals surface area contributed by atoms with Crippen LogP contribution >= 0.6 is 0 Å². The number of aldehydes is 1. The number of rotatable bonds is 4. The van der Waals surface area contributed by atoms with Gasteiger partial charge in [-0.3, -0.25) is 24.5 Å². The Hall–Kier alpha value is -2.70. The molecular weight excluding hydrogens is 288 g/mol. The van der Waals surface area contributed by atoms with Crippen LogP contribution in [0.4, 0.5) is 0 Å². The maximum atomic E-state index is 12.4. The Bertz CT molecular complexity index is 670. The van der Waals surface area contributed by atoms with Crippen molar-refractivity contribution >= 4 is 24.0 Å². The van der Waals surface area contributed by atoms with Gasteiger partial charge in [0, 0.05) is 18.5 Å². The molecule has 0 aromatic heterocycles. The Labute approximate surface area is 126 Å². The minimum absolute atomic E-state index is 0.0520. The zero-order valence-corrected chi connectivity index (χ0v) is 11.7. The number of nitrogens with one attached hydrogen (secondary N) is 1. The number of nitrogens with zero attached hydrogens (tertiary/aromatic N) is 1. The number of piperidine rings is 1. The van der Waals surface area contributed by atoms with Gasteiger partial charge in [0.05, 0.1) is 0 Å². The van der Waals surface area contributed by atoms with Gasteiger partial charge < -0.3 is 9.64 Å². The largest absolute Gasteiger partial charge is 0.486 e. The number of carbonyl (C=O) groups excluding carboxylic acids is 4. The number of hydrogen-bond acceptors (Lipinski definition) is 5. The highest BCUT2D eigenvalue weighted by atomic mass is 16.5. The number of benzene rings is 1. The molecule has 0 bridgehead atoms. The summed E-state index contributed by atoms with van der Waals surface area (Å²) in [6.07, 6.45) is 1.21. The normalized spacial score (nSPS) is 20.6. The topological polar surface area (TPSA) is 92.8 Å². The standard InChI is InChI=1S/C15H14N2O5/c18-5-6-22-10-1-2-11-9(7-10)8-17(15(11)21)12-3-4-13(19)16-14(12)20/h1-2,5,7,12H,3-4,6,8H2,(H,16,19,20). The molecule has 22 heavy (non-hydrogen) atoms. The van der Waals surface area contributed by atoms with Gasteiger partial charge in [-0.2, -0.15) is 0 Å². The van der Waals surface area contributed by atoms with Crippen molar-refractivity contribution in [3.05, 3.63) is 29.3 Å². The van der Waals surface area contributed by atoms with Crippen molar-refractivity contribution in [1.29, 1.82) is 0 Å². The SMILES string of the molecule is O=CCOc1ccc2c(c1)CN(C1CCC(=O)NC1=O)C2=O. The van der Waals surface area contributed by atoms with Gasteiger partial charge in [0.2, 0.25) is 11.8 Å².